The highest BCUT2D eigenvalue weighted by Crippen LogP contribution is 2.45. The molecule has 0 saturated carbocycles. The number of aromatic nitrogens is 2. The number of methoxy groups -OCH3 is 2. The van der Waals surface area contributed by atoms with Crippen LogP contribution in [0.4, 0.5) is 0 Å². The van der Waals surface area contributed by atoms with Crippen molar-refractivity contribution in [2.75, 3.05) is 20.8 Å². The van der Waals surface area contributed by atoms with Crippen molar-refractivity contribution >= 4 is 20.1 Å². The first-order chi connectivity index (χ1) is 25.6. The van der Waals surface area contributed by atoms with Gasteiger partial charge in [0.25, 0.3) is 5.56 Å². The van der Waals surface area contributed by atoms with Gasteiger partial charge < -0.3 is 32.9 Å². The van der Waals surface area contributed by atoms with E-state index < -0.39 is 55.7 Å². The van der Waals surface area contributed by atoms with Crippen LogP contribution in [0, 0.1) is 0 Å². The molecule has 1 aliphatic rings. The van der Waals surface area contributed by atoms with E-state index in [1.54, 1.807) is 14.2 Å². The Hall–Kier alpha value is -4.82. The van der Waals surface area contributed by atoms with Gasteiger partial charge in [-0.1, -0.05) is 75.4 Å². The van der Waals surface area contributed by atoms with Gasteiger partial charge in [0.05, 0.1) is 27.2 Å². The number of ketones is 1. The van der Waals surface area contributed by atoms with Crippen molar-refractivity contribution in [3.8, 4) is 11.5 Å². The molecule has 0 bridgehead atoms. The number of esters is 1. The van der Waals surface area contributed by atoms with E-state index in [0.717, 1.165) is 16.7 Å². The lowest BCUT2D eigenvalue weighted by Gasteiger charge is -2.40. The van der Waals surface area contributed by atoms with Crippen LogP contribution in [0.25, 0.3) is 0 Å². The standard InChI is InChI=1S/C41H50N2O10Si/c1-27(44)14-23-35(46)52-36-33(51-38(43-25-24-34(45)42-39(43)47)37(36)53-54(7,8)40(2,3)4)26-50-41(28-12-10-9-11-13-28,29-15-19-31(48-5)20-16-29)30-17-21-32(49-6)22-18-30/h9-13,15-22,24-25,33,36-38H,14,23,26H2,1-8H3,(H,42,45,47)/t33-,36+,37?,38-/m1/s1. The number of hydrogen-bond donors (Lipinski definition) is 1. The molecule has 1 N–H and O–H groups in total. The Kier molecular flexibility index (Phi) is 12.5. The summed E-state index contributed by atoms with van der Waals surface area (Å²) in [5.41, 5.74) is -0.180. The zero-order chi connectivity index (χ0) is 39.3. The molecule has 1 saturated heterocycles. The Morgan fingerprint density at radius 1 is 0.796 bits per heavy atom. The van der Waals surface area contributed by atoms with Crippen molar-refractivity contribution in [2.24, 2.45) is 0 Å². The average Bonchev–Trinajstić information content (AvgIpc) is 3.46. The molecule has 288 valence electrons. The molecule has 0 radical (unpaired) electrons. The number of rotatable bonds is 15. The lowest BCUT2D eigenvalue weighted by Crippen LogP contribution is -2.51. The summed E-state index contributed by atoms with van der Waals surface area (Å²) in [6, 6.07) is 26.1. The number of nitrogens with one attached hydrogen (secondary N) is 1. The molecular weight excluding hydrogens is 709 g/mol. The molecule has 0 spiro atoms. The fraction of sp³-hybridized carbons (Fsp3) is 0.415. The molecule has 5 rings (SSSR count). The summed E-state index contributed by atoms with van der Waals surface area (Å²) < 4.78 is 39.2. The van der Waals surface area contributed by atoms with Crippen LogP contribution < -0.4 is 20.7 Å². The molecule has 0 aliphatic carbocycles. The van der Waals surface area contributed by atoms with E-state index >= 15 is 0 Å². The number of benzene rings is 3. The predicted octanol–water partition coefficient (Wildman–Crippen LogP) is 6.13. The van der Waals surface area contributed by atoms with Crippen LogP contribution in [-0.2, 0) is 33.8 Å². The normalized spacial score (nSPS) is 19.0. The summed E-state index contributed by atoms with van der Waals surface area (Å²) in [7, 11) is 0.552. The largest absolute Gasteiger partial charge is 0.497 e. The summed E-state index contributed by atoms with van der Waals surface area (Å²) in [6.07, 6.45) is -2.98. The Balaban J connectivity index is 1.67. The second-order valence-electron chi connectivity index (χ2n) is 14.9. The van der Waals surface area contributed by atoms with Crippen molar-refractivity contribution in [3.05, 3.63) is 129 Å². The van der Waals surface area contributed by atoms with Gasteiger partial charge in [-0.2, -0.15) is 0 Å². The van der Waals surface area contributed by atoms with Crippen LogP contribution in [0.5, 0.6) is 11.5 Å². The average molecular weight is 759 g/mol. The van der Waals surface area contributed by atoms with Crippen molar-refractivity contribution in [2.45, 2.75) is 88.8 Å². The Labute approximate surface area is 316 Å². The minimum Gasteiger partial charge on any atom is -0.497 e. The van der Waals surface area contributed by atoms with Gasteiger partial charge in [0.2, 0.25) is 0 Å². The van der Waals surface area contributed by atoms with Crippen molar-refractivity contribution in [3.63, 3.8) is 0 Å². The maximum absolute atomic E-state index is 13.4. The number of Topliss-reactive ketones (excluding diaryl/α,β-unsaturated/α-hetero) is 1. The molecule has 54 heavy (non-hydrogen) atoms. The second-order valence-corrected chi connectivity index (χ2v) is 19.7. The van der Waals surface area contributed by atoms with E-state index in [4.69, 9.17) is 28.1 Å². The number of nitrogens with zero attached hydrogens (tertiary/aromatic N) is 1. The molecule has 1 unspecified atom stereocenters. The number of carbonyl (C=O) groups excluding carboxylic acids is 2. The van der Waals surface area contributed by atoms with E-state index in [0.29, 0.717) is 11.5 Å². The Morgan fingerprint density at radius 2 is 1.35 bits per heavy atom. The van der Waals surface area contributed by atoms with Gasteiger partial charge in [-0.15, -0.1) is 0 Å². The zero-order valence-electron chi connectivity index (χ0n) is 32.1. The molecular formula is C41H50N2O10Si. The highest BCUT2D eigenvalue weighted by Gasteiger charge is 2.54. The topological polar surface area (TPSA) is 144 Å². The number of hydrogen-bond acceptors (Lipinski definition) is 10. The molecule has 1 aromatic heterocycles. The SMILES string of the molecule is COc1ccc(C(OC[C@H]2O[C@@H](n3ccc(=O)[nH]c3=O)C(O[Si](C)(C)C(C)(C)C)[C@H]2OC(=O)CCC(C)=O)(c2ccccc2)c2ccc(OC)cc2)cc1. The number of H-pyrrole nitrogens is 1. The van der Waals surface area contributed by atoms with Crippen molar-refractivity contribution in [1.82, 2.24) is 9.55 Å². The van der Waals surface area contributed by atoms with Crippen LogP contribution in [0.1, 0.15) is 63.5 Å². The molecule has 1 fully saturated rings. The Bertz CT molecular complexity index is 1960. The molecule has 13 heteroatoms. The molecule has 3 aromatic carbocycles. The van der Waals surface area contributed by atoms with Crippen molar-refractivity contribution < 1.29 is 37.7 Å². The van der Waals surface area contributed by atoms with E-state index in [2.05, 4.69) is 25.8 Å². The molecule has 2 heterocycles. The van der Waals surface area contributed by atoms with Gasteiger partial charge in [-0.3, -0.25) is 19.1 Å². The van der Waals surface area contributed by atoms with Gasteiger partial charge >= 0.3 is 11.7 Å². The number of carbonyl (C=O) groups is 2. The number of aromatic amines is 1. The van der Waals surface area contributed by atoms with Crippen LogP contribution in [0.3, 0.4) is 0 Å². The second kappa shape index (κ2) is 16.7. The first-order valence-electron chi connectivity index (χ1n) is 17.9. The highest BCUT2D eigenvalue weighted by atomic mass is 28.4. The number of ether oxygens (including phenoxy) is 5. The fourth-order valence-electron chi connectivity index (χ4n) is 6.25. The van der Waals surface area contributed by atoms with Crippen LogP contribution in [0.15, 0.2) is 101 Å². The van der Waals surface area contributed by atoms with Crippen LogP contribution >= 0.6 is 0 Å². The lowest BCUT2D eigenvalue weighted by molar-refractivity contribution is -0.159. The lowest BCUT2D eigenvalue weighted by atomic mass is 9.80. The molecule has 1 aliphatic heterocycles. The summed E-state index contributed by atoms with van der Waals surface area (Å²) in [5.74, 6) is 0.536. The van der Waals surface area contributed by atoms with Gasteiger partial charge in [0, 0.05) is 18.7 Å². The van der Waals surface area contributed by atoms with Gasteiger partial charge in [0.15, 0.2) is 20.6 Å². The van der Waals surface area contributed by atoms with E-state index in [9.17, 15) is 19.2 Å². The third-order valence-corrected chi connectivity index (χ3v) is 14.7. The minimum absolute atomic E-state index is 0.00377. The summed E-state index contributed by atoms with van der Waals surface area (Å²) in [4.78, 5) is 53.0. The van der Waals surface area contributed by atoms with Crippen LogP contribution in [-0.4, -0.2) is 68.8 Å². The fourth-order valence-corrected chi connectivity index (χ4v) is 7.53. The molecule has 12 nitrogen and oxygen atoms in total. The van der Waals surface area contributed by atoms with E-state index in [1.807, 2.05) is 92.0 Å². The van der Waals surface area contributed by atoms with Crippen LogP contribution in [0.2, 0.25) is 18.1 Å². The Morgan fingerprint density at radius 3 is 1.85 bits per heavy atom. The van der Waals surface area contributed by atoms with Gasteiger partial charge in [-0.25, -0.2) is 4.79 Å². The predicted molar refractivity (Wildman–Crippen MR) is 205 cm³/mol. The third-order valence-electron chi connectivity index (χ3n) is 10.2. The summed E-state index contributed by atoms with van der Waals surface area (Å²) in [6.45, 7) is 11.6. The van der Waals surface area contributed by atoms with Gasteiger partial charge in [0.1, 0.15) is 35.1 Å². The maximum atomic E-state index is 13.4. The molecule has 4 aromatic rings. The first-order valence-corrected chi connectivity index (χ1v) is 20.8. The minimum atomic E-state index is -2.64. The first kappa shape index (κ1) is 40.4. The van der Waals surface area contributed by atoms with Gasteiger partial charge in [-0.05, 0) is 66.0 Å². The summed E-state index contributed by atoms with van der Waals surface area (Å²) >= 11 is 0. The maximum Gasteiger partial charge on any atom is 0.330 e. The highest BCUT2D eigenvalue weighted by molar-refractivity contribution is 6.74. The summed E-state index contributed by atoms with van der Waals surface area (Å²) in [5, 5.41) is -0.281. The third kappa shape index (κ3) is 8.76. The zero-order valence-corrected chi connectivity index (χ0v) is 33.1. The van der Waals surface area contributed by atoms with Crippen molar-refractivity contribution in [1.29, 1.82) is 0 Å². The quantitative estimate of drug-likeness (QED) is 0.0854. The van der Waals surface area contributed by atoms with E-state index in [1.165, 1.54) is 23.8 Å². The smallest absolute Gasteiger partial charge is 0.330 e. The monoisotopic (exact) mass is 758 g/mol. The molecule has 4 atom stereocenters. The molecule has 0 amide bonds. The van der Waals surface area contributed by atoms with E-state index in [-0.39, 0.29) is 30.3 Å².